The topological polar surface area (TPSA) is 38.9 Å². The Labute approximate surface area is 96.5 Å². The summed E-state index contributed by atoms with van der Waals surface area (Å²) >= 11 is 0. The van der Waals surface area contributed by atoms with Gasteiger partial charge in [-0.2, -0.15) is 0 Å². The van der Waals surface area contributed by atoms with Gasteiger partial charge in [-0.15, -0.1) is 0 Å². The summed E-state index contributed by atoms with van der Waals surface area (Å²) in [6.45, 7) is 2.21. The number of nitrogens with two attached hydrogens (primary N) is 1. The van der Waals surface area contributed by atoms with Crippen molar-refractivity contribution >= 4 is 16.6 Å². The Hall–Kier alpha value is -1.57. The molecule has 0 saturated carbocycles. The lowest BCUT2D eigenvalue weighted by atomic mass is 10.1. The van der Waals surface area contributed by atoms with E-state index >= 15 is 0 Å². The first-order chi connectivity index (χ1) is 7.81. The summed E-state index contributed by atoms with van der Waals surface area (Å²) in [4.78, 5) is 4.45. The van der Waals surface area contributed by atoms with E-state index in [4.69, 9.17) is 5.73 Å². The fourth-order valence-electron chi connectivity index (χ4n) is 1.97. The monoisotopic (exact) mass is 214 g/mol. The van der Waals surface area contributed by atoms with E-state index in [0.717, 1.165) is 17.5 Å². The standard InChI is InChI=1S/C14H18N2/c1-2-3-4-8-12-10-11-7-5-6-9-13(11)14(15)16-12/h5-7,9-10H,2-4,8H2,1H3,(H2,15,16). The number of unbranched alkanes of at least 4 members (excludes halogenated alkanes) is 2. The molecule has 84 valence electrons. The Morgan fingerprint density at radius 3 is 2.81 bits per heavy atom. The number of hydrogen-bond acceptors (Lipinski definition) is 2. The molecule has 0 aliphatic carbocycles. The summed E-state index contributed by atoms with van der Waals surface area (Å²) < 4.78 is 0. The molecule has 2 aromatic rings. The van der Waals surface area contributed by atoms with E-state index < -0.39 is 0 Å². The van der Waals surface area contributed by atoms with Gasteiger partial charge in [-0.25, -0.2) is 4.98 Å². The normalized spacial score (nSPS) is 10.8. The largest absolute Gasteiger partial charge is 0.383 e. The fraction of sp³-hybridized carbons (Fsp3) is 0.357. The van der Waals surface area contributed by atoms with Crippen molar-refractivity contribution in [1.29, 1.82) is 0 Å². The second kappa shape index (κ2) is 4.97. The summed E-state index contributed by atoms with van der Waals surface area (Å²) in [6.07, 6.45) is 4.72. The lowest BCUT2D eigenvalue weighted by Gasteiger charge is -2.05. The maximum Gasteiger partial charge on any atom is 0.131 e. The second-order valence-corrected chi connectivity index (χ2v) is 4.18. The number of aromatic nitrogens is 1. The average molecular weight is 214 g/mol. The number of rotatable bonds is 4. The molecule has 0 bridgehead atoms. The zero-order valence-corrected chi connectivity index (χ0v) is 9.74. The van der Waals surface area contributed by atoms with Gasteiger partial charge in [0.1, 0.15) is 5.82 Å². The van der Waals surface area contributed by atoms with Crippen molar-refractivity contribution < 1.29 is 0 Å². The number of fused-ring (bicyclic) bond motifs is 1. The highest BCUT2D eigenvalue weighted by atomic mass is 14.8. The number of anilines is 1. The molecule has 0 aliphatic heterocycles. The van der Waals surface area contributed by atoms with Crippen LogP contribution in [0, 0.1) is 0 Å². The molecule has 0 radical (unpaired) electrons. The molecular formula is C14H18N2. The molecule has 0 atom stereocenters. The van der Waals surface area contributed by atoms with Crippen LogP contribution in [-0.4, -0.2) is 4.98 Å². The summed E-state index contributed by atoms with van der Waals surface area (Å²) in [5.74, 6) is 0.657. The Balaban J connectivity index is 2.27. The van der Waals surface area contributed by atoms with Gasteiger partial charge in [-0.05, 0) is 24.3 Å². The molecule has 0 saturated heterocycles. The molecule has 0 fully saturated rings. The summed E-state index contributed by atoms with van der Waals surface area (Å²) in [5, 5.41) is 2.25. The van der Waals surface area contributed by atoms with Crippen LogP contribution in [0.5, 0.6) is 0 Å². The van der Waals surface area contributed by atoms with Gasteiger partial charge in [0.05, 0.1) is 0 Å². The van der Waals surface area contributed by atoms with E-state index in [0.29, 0.717) is 5.82 Å². The molecule has 0 spiro atoms. The zero-order chi connectivity index (χ0) is 11.4. The number of benzene rings is 1. The first-order valence-corrected chi connectivity index (χ1v) is 5.95. The third kappa shape index (κ3) is 2.32. The summed E-state index contributed by atoms with van der Waals surface area (Å²) in [6, 6.07) is 10.3. The third-order valence-electron chi connectivity index (χ3n) is 2.86. The van der Waals surface area contributed by atoms with Gasteiger partial charge in [0, 0.05) is 11.1 Å². The molecular weight excluding hydrogens is 196 g/mol. The Bertz CT molecular complexity index is 477. The first kappa shape index (κ1) is 10.9. The molecule has 0 unspecified atom stereocenters. The molecule has 16 heavy (non-hydrogen) atoms. The highest BCUT2D eigenvalue weighted by Gasteiger charge is 2.02. The minimum absolute atomic E-state index is 0.657. The molecule has 0 amide bonds. The smallest absolute Gasteiger partial charge is 0.131 e. The van der Waals surface area contributed by atoms with Crippen LogP contribution in [0.2, 0.25) is 0 Å². The maximum atomic E-state index is 5.95. The summed E-state index contributed by atoms with van der Waals surface area (Å²) in [5.41, 5.74) is 7.07. The van der Waals surface area contributed by atoms with E-state index in [2.05, 4.69) is 24.0 Å². The molecule has 1 heterocycles. The lowest BCUT2D eigenvalue weighted by molar-refractivity contribution is 0.708. The van der Waals surface area contributed by atoms with Gasteiger partial charge in [-0.1, -0.05) is 44.0 Å². The van der Waals surface area contributed by atoms with Gasteiger partial charge in [0.15, 0.2) is 0 Å². The molecule has 0 aliphatic rings. The number of hydrogen-bond donors (Lipinski definition) is 1. The van der Waals surface area contributed by atoms with Gasteiger partial charge >= 0.3 is 0 Å². The fourth-order valence-corrected chi connectivity index (χ4v) is 1.97. The van der Waals surface area contributed by atoms with E-state index in [1.54, 1.807) is 0 Å². The van der Waals surface area contributed by atoms with Crippen LogP contribution in [0.15, 0.2) is 30.3 Å². The van der Waals surface area contributed by atoms with Crippen molar-refractivity contribution in [2.45, 2.75) is 32.6 Å². The summed E-state index contributed by atoms with van der Waals surface area (Å²) in [7, 11) is 0. The van der Waals surface area contributed by atoms with Crippen molar-refractivity contribution in [1.82, 2.24) is 4.98 Å². The minimum atomic E-state index is 0.657. The Morgan fingerprint density at radius 2 is 2.00 bits per heavy atom. The maximum absolute atomic E-state index is 5.95. The number of nitrogen functional groups attached to an aromatic ring is 1. The molecule has 2 N–H and O–H groups in total. The van der Waals surface area contributed by atoms with Crippen LogP contribution in [0.3, 0.4) is 0 Å². The predicted octanol–water partition coefficient (Wildman–Crippen LogP) is 3.55. The number of pyridine rings is 1. The highest BCUT2D eigenvalue weighted by Crippen LogP contribution is 2.20. The second-order valence-electron chi connectivity index (χ2n) is 4.18. The lowest BCUT2D eigenvalue weighted by Crippen LogP contribution is -1.97. The first-order valence-electron chi connectivity index (χ1n) is 5.95. The Morgan fingerprint density at radius 1 is 1.19 bits per heavy atom. The van der Waals surface area contributed by atoms with E-state index in [1.165, 1.54) is 24.6 Å². The van der Waals surface area contributed by atoms with Crippen LogP contribution < -0.4 is 5.73 Å². The van der Waals surface area contributed by atoms with Crippen molar-refractivity contribution in [3.05, 3.63) is 36.0 Å². The quantitative estimate of drug-likeness (QED) is 0.790. The van der Waals surface area contributed by atoms with Crippen molar-refractivity contribution in [3.63, 3.8) is 0 Å². The molecule has 2 rings (SSSR count). The van der Waals surface area contributed by atoms with Crippen LogP contribution in [0.25, 0.3) is 10.8 Å². The predicted molar refractivity (Wildman–Crippen MR) is 69.4 cm³/mol. The van der Waals surface area contributed by atoms with Gasteiger partial charge in [-0.3, -0.25) is 0 Å². The van der Waals surface area contributed by atoms with Gasteiger partial charge in [0.25, 0.3) is 0 Å². The highest BCUT2D eigenvalue weighted by molar-refractivity contribution is 5.91. The minimum Gasteiger partial charge on any atom is -0.383 e. The molecule has 1 aromatic heterocycles. The van der Waals surface area contributed by atoms with Crippen molar-refractivity contribution in [2.75, 3.05) is 5.73 Å². The van der Waals surface area contributed by atoms with E-state index in [1.807, 2.05) is 18.2 Å². The average Bonchev–Trinajstić information content (AvgIpc) is 2.30. The van der Waals surface area contributed by atoms with Crippen LogP contribution >= 0.6 is 0 Å². The number of aryl methyl sites for hydroxylation is 1. The van der Waals surface area contributed by atoms with Gasteiger partial charge in [0.2, 0.25) is 0 Å². The number of nitrogens with zero attached hydrogens (tertiary/aromatic N) is 1. The van der Waals surface area contributed by atoms with Crippen molar-refractivity contribution in [2.24, 2.45) is 0 Å². The SMILES string of the molecule is CCCCCc1cc2ccccc2c(N)n1. The Kier molecular flexibility index (Phi) is 3.40. The third-order valence-corrected chi connectivity index (χ3v) is 2.86. The van der Waals surface area contributed by atoms with E-state index in [9.17, 15) is 0 Å². The molecule has 2 nitrogen and oxygen atoms in total. The van der Waals surface area contributed by atoms with Crippen LogP contribution in [0.4, 0.5) is 5.82 Å². The zero-order valence-electron chi connectivity index (χ0n) is 9.74. The molecule has 2 heteroatoms. The van der Waals surface area contributed by atoms with Crippen LogP contribution in [0.1, 0.15) is 31.9 Å². The van der Waals surface area contributed by atoms with Crippen LogP contribution in [-0.2, 0) is 6.42 Å². The van der Waals surface area contributed by atoms with Gasteiger partial charge < -0.3 is 5.73 Å². The molecule has 1 aromatic carbocycles. The van der Waals surface area contributed by atoms with Crippen molar-refractivity contribution in [3.8, 4) is 0 Å². The van der Waals surface area contributed by atoms with E-state index in [-0.39, 0.29) is 0 Å².